The summed E-state index contributed by atoms with van der Waals surface area (Å²) in [5.41, 5.74) is 6.79. The van der Waals surface area contributed by atoms with Crippen molar-refractivity contribution in [3.63, 3.8) is 0 Å². The summed E-state index contributed by atoms with van der Waals surface area (Å²) in [4.78, 5) is 6.52. The molecule has 2 rings (SSSR count). The number of aromatic nitrogens is 1. The first-order valence-corrected chi connectivity index (χ1v) is 6.11. The molecule has 2 N–H and O–H groups in total. The van der Waals surface area contributed by atoms with Gasteiger partial charge in [0, 0.05) is 13.2 Å². The van der Waals surface area contributed by atoms with Crippen LogP contribution in [0.4, 0.5) is 5.82 Å². The Hall–Kier alpha value is -1.81. The number of hydrogen-bond donors (Lipinski definition) is 1. The Labute approximate surface area is 107 Å². The number of aryl methyl sites for hydroxylation is 1. The molecule has 18 heavy (non-hydrogen) atoms. The van der Waals surface area contributed by atoms with Crippen LogP contribution in [-0.4, -0.2) is 18.6 Å². The first-order chi connectivity index (χ1) is 8.70. The summed E-state index contributed by atoms with van der Waals surface area (Å²) < 4.78 is 5.58. The SMILES string of the molecule is Cc1ccc(CN(C)c2ncccc2CCN)o1. The molecule has 0 bridgehead atoms. The lowest BCUT2D eigenvalue weighted by Crippen LogP contribution is -2.20. The average molecular weight is 245 g/mol. The van der Waals surface area contributed by atoms with Gasteiger partial charge in [0.15, 0.2) is 0 Å². The van der Waals surface area contributed by atoms with Gasteiger partial charge < -0.3 is 15.1 Å². The summed E-state index contributed by atoms with van der Waals surface area (Å²) in [5.74, 6) is 2.85. The maximum Gasteiger partial charge on any atom is 0.131 e. The van der Waals surface area contributed by atoms with Crippen LogP contribution in [0.1, 0.15) is 17.1 Å². The van der Waals surface area contributed by atoms with E-state index in [1.807, 2.05) is 32.2 Å². The number of pyridine rings is 1. The van der Waals surface area contributed by atoms with Gasteiger partial charge in [0.1, 0.15) is 17.3 Å². The molecule has 0 spiro atoms. The van der Waals surface area contributed by atoms with Crippen molar-refractivity contribution in [2.75, 3.05) is 18.5 Å². The smallest absolute Gasteiger partial charge is 0.131 e. The molecule has 0 saturated carbocycles. The monoisotopic (exact) mass is 245 g/mol. The molecule has 0 amide bonds. The normalized spacial score (nSPS) is 10.6. The van der Waals surface area contributed by atoms with Crippen molar-refractivity contribution in [1.29, 1.82) is 0 Å². The van der Waals surface area contributed by atoms with Gasteiger partial charge in [0.05, 0.1) is 6.54 Å². The molecule has 0 aromatic carbocycles. The van der Waals surface area contributed by atoms with Crippen molar-refractivity contribution in [3.8, 4) is 0 Å². The van der Waals surface area contributed by atoms with Crippen molar-refractivity contribution < 1.29 is 4.42 Å². The van der Waals surface area contributed by atoms with Gasteiger partial charge >= 0.3 is 0 Å². The highest BCUT2D eigenvalue weighted by molar-refractivity contribution is 5.46. The van der Waals surface area contributed by atoms with Crippen molar-refractivity contribution in [1.82, 2.24) is 4.98 Å². The Morgan fingerprint density at radius 1 is 1.33 bits per heavy atom. The Bertz CT molecular complexity index is 507. The summed E-state index contributed by atoms with van der Waals surface area (Å²) >= 11 is 0. The van der Waals surface area contributed by atoms with Gasteiger partial charge in [-0.3, -0.25) is 0 Å². The van der Waals surface area contributed by atoms with Gasteiger partial charge in [-0.15, -0.1) is 0 Å². The third-order valence-corrected chi connectivity index (χ3v) is 2.83. The quantitative estimate of drug-likeness (QED) is 0.876. The van der Waals surface area contributed by atoms with Crippen LogP contribution in [-0.2, 0) is 13.0 Å². The second-order valence-electron chi connectivity index (χ2n) is 4.39. The van der Waals surface area contributed by atoms with E-state index in [-0.39, 0.29) is 0 Å². The zero-order valence-electron chi connectivity index (χ0n) is 10.9. The fourth-order valence-corrected chi connectivity index (χ4v) is 2.00. The molecule has 2 heterocycles. The molecule has 4 nitrogen and oxygen atoms in total. The van der Waals surface area contributed by atoms with E-state index in [0.717, 1.165) is 23.8 Å². The Kier molecular flexibility index (Phi) is 3.99. The Morgan fingerprint density at radius 3 is 2.83 bits per heavy atom. The van der Waals surface area contributed by atoms with Crippen molar-refractivity contribution in [2.24, 2.45) is 5.73 Å². The topological polar surface area (TPSA) is 55.3 Å². The molecule has 0 aliphatic heterocycles. The summed E-state index contributed by atoms with van der Waals surface area (Å²) in [6.07, 6.45) is 2.64. The van der Waals surface area contributed by atoms with Crippen LogP contribution in [0.15, 0.2) is 34.9 Å². The molecule has 0 fully saturated rings. The number of furan rings is 1. The molecule has 2 aromatic heterocycles. The highest BCUT2D eigenvalue weighted by Crippen LogP contribution is 2.19. The van der Waals surface area contributed by atoms with Gasteiger partial charge in [-0.2, -0.15) is 0 Å². The van der Waals surface area contributed by atoms with Crippen LogP contribution in [0, 0.1) is 6.92 Å². The fourth-order valence-electron chi connectivity index (χ4n) is 2.00. The maximum absolute atomic E-state index is 5.62. The standard InChI is InChI=1S/C14H19N3O/c1-11-5-6-13(18-11)10-17(2)14-12(7-8-15)4-3-9-16-14/h3-6,9H,7-8,10,15H2,1-2H3. The van der Waals surface area contributed by atoms with Gasteiger partial charge in [0.2, 0.25) is 0 Å². The van der Waals surface area contributed by atoms with Crippen molar-refractivity contribution >= 4 is 5.82 Å². The summed E-state index contributed by atoms with van der Waals surface area (Å²) in [6.45, 7) is 3.29. The third-order valence-electron chi connectivity index (χ3n) is 2.83. The minimum absolute atomic E-state index is 0.631. The Balaban J connectivity index is 2.15. The van der Waals surface area contributed by atoms with Crippen LogP contribution < -0.4 is 10.6 Å². The minimum atomic E-state index is 0.631. The van der Waals surface area contributed by atoms with Gasteiger partial charge in [-0.1, -0.05) is 6.07 Å². The molecule has 0 radical (unpaired) electrons. The van der Waals surface area contributed by atoms with Crippen LogP contribution in [0.3, 0.4) is 0 Å². The van der Waals surface area contributed by atoms with Crippen LogP contribution in [0.25, 0.3) is 0 Å². The van der Waals surface area contributed by atoms with Crippen LogP contribution in [0.5, 0.6) is 0 Å². The van der Waals surface area contributed by atoms with Crippen LogP contribution in [0.2, 0.25) is 0 Å². The van der Waals surface area contributed by atoms with Gasteiger partial charge in [0.25, 0.3) is 0 Å². The molecule has 0 saturated heterocycles. The maximum atomic E-state index is 5.62. The average Bonchev–Trinajstić information content (AvgIpc) is 2.76. The molecule has 0 unspecified atom stereocenters. The van der Waals surface area contributed by atoms with E-state index in [1.54, 1.807) is 6.20 Å². The third kappa shape index (κ3) is 2.90. The second-order valence-corrected chi connectivity index (χ2v) is 4.39. The summed E-state index contributed by atoms with van der Waals surface area (Å²) in [5, 5.41) is 0. The molecule has 0 atom stereocenters. The number of nitrogens with two attached hydrogens (primary N) is 1. The van der Waals surface area contributed by atoms with Gasteiger partial charge in [-0.05, 0) is 43.7 Å². The van der Waals surface area contributed by atoms with Crippen molar-refractivity contribution in [3.05, 3.63) is 47.5 Å². The van der Waals surface area contributed by atoms with E-state index in [0.29, 0.717) is 13.1 Å². The molecular formula is C14H19N3O. The van der Waals surface area contributed by atoms with E-state index in [1.165, 1.54) is 5.56 Å². The highest BCUT2D eigenvalue weighted by Gasteiger charge is 2.10. The molecule has 2 aromatic rings. The van der Waals surface area contributed by atoms with Gasteiger partial charge in [-0.25, -0.2) is 4.98 Å². The van der Waals surface area contributed by atoms with E-state index in [4.69, 9.17) is 10.2 Å². The van der Waals surface area contributed by atoms with E-state index >= 15 is 0 Å². The lowest BCUT2D eigenvalue weighted by Gasteiger charge is -2.19. The van der Waals surface area contributed by atoms with Crippen molar-refractivity contribution in [2.45, 2.75) is 19.9 Å². The lowest BCUT2D eigenvalue weighted by molar-refractivity contribution is 0.481. The summed E-state index contributed by atoms with van der Waals surface area (Å²) in [7, 11) is 2.01. The second kappa shape index (κ2) is 5.69. The van der Waals surface area contributed by atoms with E-state index in [9.17, 15) is 0 Å². The predicted octanol–water partition coefficient (Wildman–Crippen LogP) is 2.12. The largest absolute Gasteiger partial charge is 0.464 e. The summed E-state index contributed by atoms with van der Waals surface area (Å²) in [6, 6.07) is 7.98. The number of nitrogens with zero attached hydrogens (tertiary/aromatic N) is 2. The first kappa shape index (κ1) is 12.6. The fraction of sp³-hybridized carbons (Fsp3) is 0.357. The molecule has 4 heteroatoms. The molecule has 96 valence electrons. The van der Waals surface area contributed by atoms with E-state index in [2.05, 4.69) is 16.0 Å². The van der Waals surface area contributed by atoms with Crippen LogP contribution >= 0.6 is 0 Å². The lowest BCUT2D eigenvalue weighted by atomic mass is 10.2. The zero-order valence-corrected chi connectivity index (χ0v) is 10.9. The van der Waals surface area contributed by atoms with E-state index < -0.39 is 0 Å². The molecule has 0 aliphatic rings. The Morgan fingerprint density at radius 2 is 2.17 bits per heavy atom. The number of rotatable bonds is 5. The zero-order chi connectivity index (χ0) is 13.0. The molecular weight excluding hydrogens is 226 g/mol. The first-order valence-electron chi connectivity index (χ1n) is 6.11. The number of hydrogen-bond acceptors (Lipinski definition) is 4. The number of anilines is 1. The predicted molar refractivity (Wildman–Crippen MR) is 72.5 cm³/mol. The minimum Gasteiger partial charge on any atom is -0.464 e. The highest BCUT2D eigenvalue weighted by atomic mass is 16.3. The molecule has 0 aliphatic carbocycles.